The van der Waals surface area contributed by atoms with E-state index >= 15 is 0 Å². The summed E-state index contributed by atoms with van der Waals surface area (Å²) in [7, 11) is -5.66. The molecule has 0 N–H and O–H groups in total. The van der Waals surface area contributed by atoms with E-state index in [1.807, 2.05) is 0 Å². The molecule has 0 bridgehead atoms. The van der Waals surface area contributed by atoms with Gasteiger partial charge in [0.1, 0.15) is 11.9 Å². The van der Waals surface area contributed by atoms with Crippen molar-refractivity contribution >= 4 is 10.1 Å². The molecule has 0 aliphatic heterocycles. The van der Waals surface area contributed by atoms with Crippen LogP contribution in [0, 0.1) is 5.82 Å². The normalized spacial score (nSPS) is 19.9. The summed E-state index contributed by atoms with van der Waals surface area (Å²) in [5, 5.41) is 0. The van der Waals surface area contributed by atoms with Crippen LogP contribution in [0.15, 0.2) is 18.2 Å². The van der Waals surface area contributed by atoms with Crippen molar-refractivity contribution in [2.45, 2.75) is 24.5 Å². The van der Waals surface area contributed by atoms with Gasteiger partial charge in [0.15, 0.2) is 0 Å². The summed E-state index contributed by atoms with van der Waals surface area (Å²) in [6.45, 7) is 0. The molecule has 0 saturated carbocycles. The predicted octanol–water partition coefficient (Wildman–Crippen LogP) is 2.68. The molecule has 100 valence electrons. The van der Waals surface area contributed by atoms with Gasteiger partial charge >= 0.3 is 15.6 Å². The van der Waals surface area contributed by atoms with Gasteiger partial charge in [0.2, 0.25) is 0 Å². The van der Waals surface area contributed by atoms with Gasteiger partial charge in [-0.25, -0.2) is 4.39 Å². The lowest BCUT2D eigenvalue weighted by molar-refractivity contribution is -0.0574. The molecule has 1 aliphatic carbocycles. The average Bonchev–Trinajstić information content (AvgIpc) is 2.61. The van der Waals surface area contributed by atoms with Crippen LogP contribution in [0.1, 0.15) is 23.7 Å². The van der Waals surface area contributed by atoms with Crippen molar-refractivity contribution in [3.63, 3.8) is 0 Å². The third-order valence-corrected chi connectivity index (χ3v) is 3.74. The lowest BCUT2D eigenvalue weighted by atomic mass is 10.1. The number of alkyl halides is 3. The Bertz CT molecular complexity index is 565. The zero-order valence-corrected chi connectivity index (χ0v) is 9.68. The Hall–Kier alpha value is -1.15. The molecule has 2 rings (SSSR count). The maximum absolute atomic E-state index is 13.3. The minimum Gasteiger partial charge on any atom is -0.255 e. The lowest BCUT2D eigenvalue weighted by Gasteiger charge is -2.14. The van der Waals surface area contributed by atoms with Crippen molar-refractivity contribution in [1.29, 1.82) is 0 Å². The third kappa shape index (κ3) is 2.22. The largest absolute Gasteiger partial charge is 0.523 e. The molecule has 1 aliphatic rings. The molecule has 3 nitrogen and oxygen atoms in total. The molecule has 0 spiro atoms. The van der Waals surface area contributed by atoms with Gasteiger partial charge in [-0.05, 0) is 30.0 Å². The Kier molecular flexibility index (Phi) is 3.10. The van der Waals surface area contributed by atoms with Crippen LogP contribution in [0.25, 0.3) is 0 Å². The van der Waals surface area contributed by atoms with Gasteiger partial charge in [0.05, 0.1) is 0 Å². The van der Waals surface area contributed by atoms with Gasteiger partial charge in [-0.2, -0.15) is 21.6 Å². The van der Waals surface area contributed by atoms with Crippen LogP contribution < -0.4 is 0 Å². The minimum absolute atomic E-state index is 0.00553. The standard InChI is InChI=1S/C10H8F4O3S/c11-8-3-1-2-7-6(8)4-5-9(7)17-18(15,16)10(12,13)14/h1-3,9H,4-5H2. The highest BCUT2D eigenvalue weighted by Gasteiger charge is 2.49. The summed E-state index contributed by atoms with van der Waals surface area (Å²) in [5.74, 6) is -0.567. The fourth-order valence-electron chi connectivity index (χ4n) is 1.88. The predicted molar refractivity (Wildman–Crippen MR) is 53.5 cm³/mol. The highest BCUT2D eigenvalue weighted by atomic mass is 32.2. The fraction of sp³-hybridized carbons (Fsp3) is 0.400. The second-order valence-corrected chi connectivity index (χ2v) is 5.39. The van der Waals surface area contributed by atoms with E-state index < -0.39 is 27.5 Å². The number of benzene rings is 1. The van der Waals surface area contributed by atoms with Crippen molar-refractivity contribution in [3.8, 4) is 0 Å². The highest BCUT2D eigenvalue weighted by molar-refractivity contribution is 7.87. The zero-order chi connectivity index (χ0) is 13.6. The van der Waals surface area contributed by atoms with E-state index in [4.69, 9.17) is 0 Å². The first kappa shape index (κ1) is 13.3. The van der Waals surface area contributed by atoms with Crippen LogP contribution in [0.5, 0.6) is 0 Å². The molecule has 8 heteroatoms. The molecule has 0 saturated heterocycles. The molecule has 0 aromatic heterocycles. The van der Waals surface area contributed by atoms with Gasteiger partial charge in [0.25, 0.3) is 0 Å². The number of rotatable bonds is 2. The van der Waals surface area contributed by atoms with Crippen LogP contribution in [-0.2, 0) is 20.7 Å². The monoisotopic (exact) mass is 284 g/mol. The molecule has 0 heterocycles. The Morgan fingerprint density at radius 2 is 1.94 bits per heavy atom. The van der Waals surface area contributed by atoms with Crippen LogP contribution >= 0.6 is 0 Å². The van der Waals surface area contributed by atoms with Crippen molar-refractivity contribution in [2.75, 3.05) is 0 Å². The van der Waals surface area contributed by atoms with Crippen molar-refractivity contribution < 1.29 is 30.2 Å². The maximum atomic E-state index is 13.3. The van der Waals surface area contributed by atoms with E-state index in [0.29, 0.717) is 0 Å². The summed E-state index contributed by atoms with van der Waals surface area (Å²) in [5.41, 5.74) is -5.11. The first-order chi connectivity index (χ1) is 8.22. The number of fused-ring (bicyclic) bond motifs is 1. The van der Waals surface area contributed by atoms with Crippen molar-refractivity contribution in [1.82, 2.24) is 0 Å². The first-order valence-corrected chi connectivity index (χ1v) is 6.40. The molecule has 18 heavy (non-hydrogen) atoms. The lowest BCUT2D eigenvalue weighted by Crippen LogP contribution is -2.26. The Balaban J connectivity index is 2.29. The van der Waals surface area contributed by atoms with Gasteiger partial charge in [-0.15, -0.1) is 0 Å². The molecular formula is C10H8F4O3S. The Morgan fingerprint density at radius 1 is 1.28 bits per heavy atom. The topological polar surface area (TPSA) is 43.4 Å². The van der Waals surface area contributed by atoms with Crippen LogP contribution in [-0.4, -0.2) is 13.9 Å². The van der Waals surface area contributed by atoms with E-state index in [2.05, 4.69) is 4.18 Å². The van der Waals surface area contributed by atoms with Crippen molar-refractivity contribution in [2.24, 2.45) is 0 Å². The highest BCUT2D eigenvalue weighted by Crippen LogP contribution is 2.39. The average molecular weight is 284 g/mol. The van der Waals surface area contributed by atoms with Crippen LogP contribution in [0.3, 0.4) is 0 Å². The summed E-state index contributed by atoms with van der Waals surface area (Å²) < 4.78 is 75.6. The quantitative estimate of drug-likeness (QED) is 0.476. The fourth-order valence-corrected chi connectivity index (χ4v) is 2.49. The van der Waals surface area contributed by atoms with Gasteiger partial charge in [-0.3, -0.25) is 4.18 Å². The molecule has 0 radical (unpaired) electrons. The van der Waals surface area contributed by atoms with E-state index in [1.165, 1.54) is 18.2 Å². The second-order valence-electron chi connectivity index (χ2n) is 3.83. The van der Waals surface area contributed by atoms with Gasteiger partial charge in [0, 0.05) is 0 Å². The number of hydrogen-bond donors (Lipinski definition) is 0. The minimum atomic E-state index is -5.66. The molecule has 0 amide bonds. The van der Waals surface area contributed by atoms with E-state index in [1.54, 1.807) is 0 Å². The summed E-state index contributed by atoms with van der Waals surface area (Å²) >= 11 is 0. The van der Waals surface area contributed by atoms with E-state index in [9.17, 15) is 26.0 Å². The molecule has 1 aromatic carbocycles. The Morgan fingerprint density at radius 3 is 2.56 bits per heavy atom. The van der Waals surface area contributed by atoms with Crippen LogP contribution in [0.2, 0.25) is 0 Å². The van der Waals surface area contributed by atoms with Gasteiger partial charge < -0.3 is 0 Å². The SMILES string of the molecule is O=S(=O)(OC1CCc2c(F)cccc21)C(F)(F)F. The number of halogens is 4. The molecule has 0 fully saturated rings. The maximum Gasteiger partial charge on any atom is 0.523 e. The van der Waals surface area contributed by atoms with Gasteiger partial charge in [-0.1, -0.05) is 12.1 Å². The zero-order valence-electron chi connectivity index (χ0n) is 8.87. The first-order valence-electron chi connectivity index (χ1n) is 4.99. The molecular weight excluding hydrogens is 276 g/mol. The second kappa shape index (κ2) is 4.20. The summed E-state index contributed by atoms with van der Waals surface area (Å²) in [6, 6.07) is 3.83. The molecule has 1 atom stereocenters. The summed E-state index contributed by atoms with van der Waals surface area (Å²) in [6.07, 6.45) is -1.12. The third-order valence-electron chi connectivity index (χ3n) is 2.68. The molecule has 1 aromatic rings. The van der Waals surface area contributed by atoms with E-state index in [0.717, 1.165) is 0 Å². The number of hydrogen-bond acceptors (Lipinski definition) is 3. The summed E-state index contributed by atoms with van der Waals surface area (Å²) in [4.78, 5) is 0. The Labute approximate surface area is 100 Å². The van der Waals surface area contributed by atoms with Crippen LogP contribution in [0.4, 0.5) is 17.6 Å². The smallest absolute Gasteiger partial charge is 0.255 e. The molecule has 1 unspecified atom stereocenters. The van der Waals surface area contributed by atoms with E-state index in [-0.39, 0.29) is 24.0 Å². The van der Waals surface area contributed by atoms with Crippen molar-refractivity contribution in [3.05, 3.63) is 35.1 Å².